The van der Waals surface area contributed by atoms with Crippen molar-refractivity contribution in [3.05, 3.63) is 90.5 Å². The number of hydrogen-bond donors (Lipinski definition) is 2. The lowest BCUT2D eigenvalue weighted by molar-refractivity contribution is 0.193. The number of benzene rings is 3. The number of carboxylic acid groups (broad SMARTS) is 1. The molecule has 1 unspecified atom stereocenters. The highest BCUT2D eigenvalue weighted by Crippen LogP contribution is 2.24. The number of anilines is 1. The third-order valence-electron chi connectivity index (χ3n) is 5.81. The average molecular weight is 490 g/mol. The molecule has 0 radical (unpaired) electrons. The Morgan fingerprint density at radius 1 is 0.857 bits per heavy atom. The number of rotatable bonds is 6. The first kappa shape index (κ1) is 24.3. The van der Waals surface area contributed by atoms with Gasteiger partial charge in [-0.1, -0.05) is 72.5 Å². The summed E-state index contributed by atoms with van der Waals surface area (Å²) in [6, 6.07) is 26.4. The molecule has 35 heavy (non-hydrogen) atoms. The minimum absolute atomic E-state index is 0.328. The van der Waals surface area contributed by atoms with Crippen molar-refractivity contribution < 1.29 is 18.3 Å². The summed E-state index contributed by atoms with van der Waals surface area (Å²) >= 11 is 0. The Hall–Kier alpha value is -3.80. The van der Waals surface area contributed by atoms with E-state index in [0.29, 0.717) is 31.7 Å². The largest absolute Gasteiger partial charge is 0.465 e. The molecule has 0 bridgehead atoms. The highest BCUT2D eigenvalue weighted by atomic mass is 32.2. The summed E-state index contributed by atoms with van der Waals surface area (Å²) in [6.07, 6.45) is -1.31. The maximum Gasteiger partial charge on any atom is 0.405 e. The molecule has 1 fully saturated rings. The highest BCUT2D eigenvalue weighted by Gasteiger charge is 2.29. The smallest absolute Gasteiger partial charge is 0.405 e. The Kier molecular flexibility index (Phi) is 7.70. The second-order valence-electron chi connectivity index (χ2n) is 8.21. The fourth-order valence-electron chi connectivity index (χ4n) is 4.00. The molecule has 2 N–H and O–H groups in total. The van der Waals surface area contributed by atoms with Crippen molar-refractivity contribution in [1.29, 1.82) is 0 Å². The van der Waals surface area contributed by atoms with Crippen molar-refractivity contribution in [2.45, 2.75) is 6.04 Å². The number of nitrogens with one attached hydrogen (secondary N) is 1. The molecule has 7 nitrogen and oxygen atoms in total. The van der Waals surface area contributed by atoms with Gasteiger partial charge in [-0.05, 0) is 35.4 Å². The standard InChI is InChI=1S/C27H27N3O4S/c31-27(32)28-25(14-11-22-7-3-1-4-8-22)21-35(33,34)30-19-17-29(18-20-30)26-15-12-24(13-16-26)23-9-5-2-6-10-23/h1-10,12-13,15-16,25,28H,17-21H2,(H,31,32). The third kappa shape index (κ3) is 6.63. The summed E-state index contributed by atoms with van der Waals surface area (Å²) in [7, 11) is -3.70. The minimum Gasteiger partial charge on any atom is -0.465 e. The second kappa shape index (κ2) is 11.1. The molecule has 180 valence electrons. The number of piperazine rings is 1. The summed E-state index contributed by atoms with van der Waals surface area (Å²) in [5.41, 5.74) is 4.01. The zero-order chi connectivity index (χ0) is 24.7. The van der Waals surface area contributed by atoms with Crippen LogP contribution in [-0.2, 0) is 10.0 Å². The maximum absolute atomic E-state index is 13.0. The Labute approximate surface area is 206 Å². The molecule has 0 aromatic heterocycles. The molecule has 1 aliphatic rings. The van der Waals surface area contributed by atoms with Crippen LogP contribution in [-0.4, -0.2) is 61.9 Å². The van der Waals surface area contributed by atoms with E-state index in [4.69, 9.17) is 5.11 Å². The van der Waals surface area contributed by atoms with Gasteiger partial charge in [0.1, 0.15) is 6.04 Å². The summed E-state index contributed by atoms with van der Waals surface area (Å²) in [5, 5.41) is 11.4. The van der Waals surface area contributed by atoms with E-state index in [1.165, 1.54) is 4.31 Å². The minimum atomic E-state index is -3.70. The molecular formula is C27H27N3O4S. The number of amides is 1. The summed E-state index contributed by atoms with van der Waals surface area (Å²) < 4.78 is 27.5. The highest BCUT2D eigenvalue weighted by molar-refractivity contribution is 7.89. The Balaban J connectivity index is 1.38. The van der Waals surface area contributed by atoms with E-state index in [-0.39, 0.29) is 0 Å². The van der Waals surface area contributed by atoms with Gasteiger partial charge < -0.3 is 15.3 Å². The fourth-order valence-corrected chi connectivity index (χ4v) is 5.51. The molecule has 8 heteroatoms. The van der Waals surface area contributed by atoms with Gasteiger partial charge in [-0.2, -0.15) is 4.31 Å². The molecule has 1 atom stereocenters. The van der Waals surface area contributed by atoms with Crippen LogP contribution in [0.2, 0.25) is 0 Å². The SMILES string of the molecule is O=C(O)NC(C#Cc1ccccc1)CS(=O)(=O)N1CCN(c2ccc(-c3ccccc3)cc2)CC1. The molecule has 0 saturated carbocycles. The summed E-state index contributed by atoms with van der Waals surface area (Å²) in [5.74, 6) is 5.20. The van der Waals surface area contributed by atoms with E-state index < -0.39 is 27.9 Å². The van der Waals surface area contributed by atoms with Crippen molar-refractivity contribution in [3.8, 4) is 23.0 Å². The van der Waals surface area contributed by atoms with Gasteiger partial charge in [-0.25, -0.2) is 13.2 Å². The predicted octanol–water partition coefficient (Wildman–Crippen LogP) is 3.49. The van der Waals surface area contributed by atoms with E-state index in [9.17, 15) is 13.2 Å². The monoisotopic (exact) mass is 489 g/mol. The van der Waals surface area contributed by atoms with Crippen molar-refractivity contribution in [1.82, 2.24) is 9.62 Å². The maximum atomic E-state index is 13.0. The van der Waals surface area contributed by atoms with E-state index in [0.717, 1.165) is 16.8 Å². The number of hydrogen-bond acceptors (Lipinski definition) is 4. The van der Waals surface area contributed by atoms with E-state index >= 15 is 0 Å². The van der Waals surface area contributed by atoms with Gasteiger partial charge in [0, 0.05) is 37.4 Å². The van der Waals surface area contributed by atoms with Crippen LogP contribution in [0.4, 0.5) is 10.5 Å². The molecule has 0 aliphatic carbocycles. The van der Waals surface area contributed by atoms with Crippen LogP contribution in [0.5, 0.6) is 0 Å². The van der Waals surface area contributed by atoms with E-state index in [2.05, 4.69) is 58.5 Å². The van der Waals surface area contributed by atoms with Crippen LogP contribution in [0.25, 0.3) is 11.1 Å². The van der Waals surface area contributed by atoms with Crippen LogP contribution >= 0.6 is 0 Å². The van der Waals surface area contributed by atoms with Gasteiger partial charge >= 0.3 is 6.09 Å². The zero-order valence-corrected chi connectivity index (χ0v) is 20.0. The molecule has 0 spiro atoms. The fraction of sp³-hybridized carbons (Fsp3) is 0.222. The van der Waals surface area contributed by atoms with Crippen LogP contribution in [0.1, 0.15) is 5.56 Å². The van der Waals surface area contributed by atoms with Crippen molar-refractivity contribution in [3.63, 3.8) is 0 Å². The van der Waals surface area contributed by atoms with Crippen LogP contribution in [0.15, 0.2) is 84.9 Å². The normalized spacial score (nSPS) is 15.0. The number of nitrogens with zero attached hydrogens (tertiary/aromatic N) is 2. The summed E-state index contributed by atoms with van der Waals surface area (Å²) in [6.45, 7) is 1.76. The first-order chi connectivity index (χ1) is 16.9. The molecule has 1 heterocycles. The Morgan fingerprint density at radius 2 is 1.43 bits per heavy atom. The van der Waals surface area contributed by atoms with Gasteiger partial charge in [-0.3, -0.25) is 0 Å². The first-order valence-corrected chi connectivity index (χ1v) is 13.0. The van der Waals surface area contributed by atoms with Gasteiger partial charge in [-0.15, -0.1) is 0 Å². The van der Waals surface area contributed by atoms with E-state index in [1.807, 2.05) is 36.4 Å². The molecule has 1 saturated heterocycles. The van der Waals surface area contributed by atoms with Crippen molar-refractivity contribution >= 4 is 21.8 Å². The average Bonchev–Trinajstić information content (AvgIpc) is 2.88. The molecule has 4 rings (SSSR count). The third-order valence-corrected chi connectivity index (χ3v) is 7.72. The van der Waals surface area contributed by atoms with Gasteiger partial charge in [0.25, 0.3) is 0 Å². The van der Waals surface area contributed by atoms with E-state index in [1.54, 1.807) is 12.1 Å². The Bertz CT molecular complexity index is 1290. The first-order valence-electron chi connectivity index (χ1n) is 11.3. The zero-order valence-electron chi connectivity index (χ0n) is 19.2. The number of sulfonamides is 1. The predicted molar refractivity (Wildman–Crippen MR) is 138 cm³/mol. The topological polar surface area (TPSA) is 89.9 Å². The van der Waals surface area contributed by atoms with Gasteiger partial charge in [0.05, 0.1) is 5.75 Å². The molecule has 3 aromatic carbocycles. The van der Waals surface area contributed by atoms with Crippen molar-refractivity contribution in [2.24, 2.45) is 0 Å². The lowest BCUT2D eigenvalue weighted by Crippen LogP contribution is -2.51. The summed E-state index contributed by atoms with van der Waals surface area (Å²) in [4.78, 5) is 13.4. The molecule has 1 amide bonds. The molecule has 3 aromatic rings. The lowest BCUT2D eigenvalue weighted by Gasteiger charge is -2.35. The van der Waals surface area contributed by atoms with Gasteiger partial charge in [0.2, 0.25) is 10.0 Å². The number of carbonyl (C=O) groups is 1. The van der Waals surface area contributed by atoms with Gasteiger partial charge in [0.15, 0.2) is 0 Å². The lowest BCUT2D eigenvalue weighted by atomic mass is 10.1. The molecular weight excluding hydrogens is 462 g/mol. The second-order valence-corrected chi connectivity index (χ2v) is 10.2. The Morgan fingerprint density at radius 3 is 2.03 bits per heavy atom. The van der Waals surface area contributed by atoms with Crippen molar-refractivity contribution in [2.75, 3.05) is 36.8 Å². The van der Waals surface area contributed by atoms with Crippen LogP contribution < -0.4 is 10.2 Å². The van der Waals surface area contributed by atoms with Crippen LogP contribution in [0, 0.1) is 11.8 Å². The van der Waals surface area contributed by atoms with Crippen LogP contribution in [0.3, 0.4) is 0 Å². The quantitative estimate of drug-likeness (QED) is 0.518. The molecule has 1 aliphatic heterocycles.